The molecule has 1 aliphatic heterocycles. The van der Waals surface area contributed by atoms with Crippen LogP contribution in [0.1, 0.15) is 31.1 Å². The smallest absolute Gasteiger partial charge is 0.251 e. The molecule has 1 aliphatic rings. The molecule has 0 atom stereocenters. The van der Waals surface area contributed by atoms with Crippen LogP contribution in [0.4, 0.5) is 0 Å². The number of amides is 2. The zero-order valence-corrected chi connectivity index (χ0v) is 17.4. The van der Waals surface area contributed by atoms with Crippen LogP contribution in [0.5, 0.6) is 0 Å². The Bertz CT molecular complexity index is 790. The largest absolute Gasteiger partial charge is 0.346 e. The van der Waals surface area contributed by atoms with E-state index in [2.05, 4.69) is 5.32 Å². The van der Waals surface area contributed by atoms with Crippen molar-refractivity contribution in [3.8, 4) is 0 Å². The quantitative estimate of drug-likeness (QED) is 0.719. The summed E-state index contributed by atoms with van der Waals surface area (Å²) in [6, 6.07) is 5.95. The van der Waals surface area contributed by atoms with Gasteiger partial charge in [-0.25, -0.2) is 8.42 Å². The van der Waals surface area contributed by atoms with Gasteiger partial charge in [0.1, 0.15) is 0 Å². The fourth-order valence-electron chi connectivity index (χ4n) is 2.62. The third-order valence-electron chi connectivity index (χ3n) is 4.38. The number of sulfonamides is 1. The third kappa shape index (κ3) is 5.65. The molecule has 0 spiro atoms. The third-order valence-corrected chi connectivity index (χ3v) is 6.27. The number of carbonyl (C=O) groups is 2. The Kier molecular flexibility index (Phi) is 7.79. The van der Waals surface area contributed by atoms with E-state index in [4.69, 9.17) is 5.73 Å². The molecule has 1 aromatic rings. The summed E-state index contributed by atoms with van der Waals surface area (Å²) in [6.45, 7) is 6.50. The lowest BCUT2D eigenvalue weighted by molar-refractivity contribution is -0.129. The first-order chi connectivity index (χ1) is 12.1. The molecule has 0 radical (unpaired) electrons. The van der Waals surface area contributed by atoms with Gasteiger partial charge in [0.2, 0.25) is 15.9 Å². The molecule has 0 saturated carbocycles. The molecule has 1 saturated heterocycles. The average molecular weight is 419 g/mol. The summed E-state index contributed by atoms with van der Waals surface area (Å²) in [5, 5.41) is 2.78. The number of halogens is 1. The van der Waals surface area contributed by atoms with E-state index in [1.54, 1.807) is 30.9 Å². The second kappa shape index (κ2) is 9.01. The van der Waals surface area contributed by atoms with E-state index in [9.17, 15) is 18.0 Å². The minimum absolute atomic E-state index is 0. The van der Waals surface area contributed by atoms with Crippen LogP contribution in [0, 0.1) is 0 Å². The lowest BCUT2D eigenvalue weighted by Gasteiger charge is -2.33. The first-order valence-electron chi connectivity index (χ1n) is 8.45. The molecule has 2 rings (SSSR count). The number of carbonyl (C=O) groups excluding carboxylic acids is 2. The summed E-state index contributed by atoms with van der Waals surface area (Å²) in [5.41, 5.74) is 5.29. The summed E-state index contributed by atoms with van der Waals surface area (Å²) in [7, 11) is -3.73. The Morgan fingerprint density at radius 2 is 1.78 bits per heavy atom. The highest BCUT2D eigenvalue weighted by Crippen LogP contribution is 2.19. The Morgan fingerprint density at radius 3 is 2.30 bits per heavy atom. The van der Waals surface area contributed by atoms with E-state index in [0.717, 1.165) is 0 Å². The van der Waals surface area contributed by atoms with Crippen molar-refractivity contribution in [3.63, 3.8) is 0 Å². The summed E-state index contributed by atoms with van der Waals surface area (Å²) < 4.78 is 27.0. The molecule has 0 aliphatic carbocycles. The molecule has 152 valence electrons. The van der Waals surface area contributed by atoms with Crippen molar-refractivity contribution in [2.75, 3.05) is 32.7 Å². The van der Waals surface area contributed by atoms with Crippen LogP contribution in [-0.2, 0) is 14.8 Å². The zero-order chi connectivity index (χ0) is 19.5. The normalized spacial score (nSPS) is 15.8. The summed E-state index contributed by atoms with van der Waals surface area (Å²) in [5.74, 6) is -0.442. The van der Waals surface area contributed by atoms with Crippen molar-refractivity contribution in [2.24, 2.45) is 5.73 Å². The summed E-state index contributed by atoms with van der Waals surface area (Å²) in [4.78, 5) is 25.4. The Hall–Kier alpha value is -1.68. The highest BCUT2D eigenvalue weighted by atomic mass is 35.5. The minimum atomic E-state index is -3.73. The van der Waals surface area contributed by atoms with Gasteiger partial charge in [0.15, 0.2) is 0 Å². The molecule has 1 heterocycles. The number of nitrogens with zero attached hydrogens (tertiary/aromatic N) is 2. The highest BCUT2D eigenvalue weighted by Gasteiger charge is 2.30. The fourth-order valence-corrected chi connectivity index (χ4v) is 4.09. The van der Waals surface area contributed by atoms with Crippen LogP contribution >= 0.6 is 12.4 Å². The summed E-state index contributed by atoms with van der Waals surface area (Å²) in [6.07, 6.45) is 0. The second-order valence-electron chi connectivity index (χ2n) is 6.98. The molecule has 0 bridgehead atoms. The topological polar surface area (TPSA) is 113 Å². The highest BCUT2D eigenvalue weighted by molar-refractivity contribution is 7.89. The maximum atomic E-state index is 12.9. The van der Waals surface area contributed by atoms with Crippen LogP contribution in [-0.4, -0.2) is 67.7 Å². The van der Waals surface area contributed by atoms with Crippen molar-refractivity contribution in [3.05, 3.63) is 29.8 Å². The van der Waals surface area contributed by atoms with Gasteiger partial charge in [-0.15, -0.1) is 12.4 Å². The van der Waals surface area contributed by atoms with Crippen molar-refractivity contribution < 1.29 is 18.0 Å². The maximum Gasteiger partial charge on any atom is 0.251 e. The van der Waals surface area contributed by atoms with Gasteiger partial charge in [-0.2, -0.15) is 4.31 Å². The first-order valence-corrected chi connectivity index (χ1v) is 9.89. The molecule has 0 aromatic heterocycles. The van der Waals surface area contributed by atoms with Gasteiger partial charge in [0, 0.05) is 50.7 Å². The van der Waals surface area contributed by atoms with Gasteiger partial charge in [-0.1, -0.05) is 6.07 Å². The molecule has 1 aromatic carbocycles. The molecular weight excluding hydrogens is 392 g/mol. The van der Waals surface area contributed by atoms with E-state index >= 15 is 0 Å². The standard InChI is InChI=1S/C17H26N4O4S.ClH/c1-13(22)20-7-9-21(10-8-20)26(24,25)15-6-4-5-14(11-15)16(23)19-17(2,3)12-18;/h4-6,11H,7-10,12,18H2,1-3H3,(H,19,23);1H. The van der Waals surface area contributed by atoms with Gasteiger partial charge in [0.05, 0.1) is 4.90 Å². The lowest BCUT2D eigenvalue weighted by atomic mass is 10.1. The van der Waals surface area contributed by atoms with Gasteiger partial charge in [0.25, 0.3) is 5.91 Å². The van der Waals surface area contributed by atoms with E-state index in [1.165, 1.54) is 23.4 Å². The number of benzene rings is 1. The van der Waals surface area contributed by atoms with Gasteiger partial charge >= 0.3 is 0 Å². The molecule has 2 amide bonds. The van der Waals surface area contributed by atoms with E-state index in [0.29, 0.717) is 13.1 Å². The first kappa shape index (κ1) is 23.4. The molecule has 0 unspecified atom stereocenters. The molecular formula is C17H27ClN4O4S. The molecule has 10 heteroatoms. The van der Waals surface area contributed by atoms with E-state index in [1.807, 2.05) is 0 Å². The zero-order valence-electron chi connectivity index (χ0n) is 15.8. The second-order valence-corrected chi connectivity index (χ2v) is 8.92. The number of piperazine rings is 1. The van der Waals surface area contributed by atoms with E-state index in [-0.39, 0.29) is 54.3 Å². The monoisotopic (exact) mass is 418 g/mol. The van der Waals surface area contributed by atoms with Crippen molar-refractivity contribution in [1.29, 1.82) is 0 Å². The number of rotatable bonds is 5. The van der Waals surface area contributed by atoms with Crippen LogP contribution in [0.15, 0.2) is 29.2 Å². The van der Waals surface area contributed by atoms with Gasteiger partial charge in [-0.3, -0.25) is 9.59 Å². The van der Waals surface area contributed by atoms with Crippen molar-refractivity contribution in [2.45, 2.75) is 31.2 Å². The Morgan fingerprint density at radius 1 is 1.19 bits per heavy atom. The van der Waals surface area contributed by atoms with Crippen molar-refractivity contribution >= 4 is 34.2 Å². The molecule has 1 fully saturated rings. The van der Waals surface area contributed by atoms with Gasteiger partial charge in [-0.05, 0) is 32.0 Å². The number of nitrogens with two attached hydrogens (primary N) is 1. The number of nitrogens with one attached hydrogen (secondary N) is 1. The van der Waals surface area contributed by atoms with Crippen LogP contribution in [0.2, 0.25) is 0 Å². The molecule has 8 nitrogen and oxygen atoms in total. The maximum absolute atomic E-state index is 12.9. The molecule has 3 N–H and O–H groups in total. The van der Waals surface area contributed by atoms with Crippen molar-refractivity contribution in [1.82, 2.24) is 14.5 Å². The molecule has 27 heavy (non-hydrogen) atoms. The predicted octanol–water partition coefficient (Wildman–Crippen LogP) is 0.428. The SMILES string of the molecule is CC(=O)N1CCN(S(=O)(=O)c2cccc(C(=O)NC(C)(C)CN)c2)CC1.Cl. The summed E-state index contributed by atoms with van der Waals surface area (Å²) >= 11 is 0. The number of hydrogen-bond acceptors (Lipinski definition) is 5. The van der Waals surface area contributed by atoms with E-state index < -0.39 is 15.6 Å². The van der Waals surface area contributed by atoms with Crippen LogP contribution in [0.25, 0.3) is 0 Å². The number of hydrogen-bond donors (Lipinski definition) is 2. The fraction of sp³-hybridized carbons (Fsp3) is 0.529. The average Bonchev–Trinajstić information content (AvgIpc) is 2.61. The lowest BCUT2D eigenvalue weighted by Crippen LogP contribution is -2.50. The predicted molar refractivity (Wildman–Crippen MR) is 105 cm³/mol. The Balaban J connectivity index is 0.00000364. The van der Waals surface area contributed by atoms with Crippen LogP contribution < -0.4 is 11.1 Å². The van der Waals surface area contributed by atoms with Crippen LogP contribution in [0.3, 0.4) is 0 Å². The minimum Gasteiger partial charge on any atom is -0.346 e. The Labute approximate surface area is 166 Å². The van der Waals surface area contributed by atoms with Gasteiger partial charge < -0.3 is 16.0 Å².